The van der Waals surface area contributed by atoms with Gasteiger partial charge in [0, 0.05) is 36.1 Å². The Morgan fingerprint density at radius 1 is 1.08 bits per heavy atom. The molecule has 0 bridgehead atoms. The molecule has 2 aromatic carbocycles. The lowest BCUT2D eigenvalue weighted by molar-refractivity contribution is -0.139. The van der Waals surface area contributed by atoms with Crippen LogP contribution < -0.4 is 9.47 Å². The van der Waals surface area contributed by atoms with Crippen LogP contribution in [0.2, 0.25) is 5.02 Å². The van der Waals surface area contributed by atoms with Crippen LogP contribution in [0.15, 0.2) is 66.8 Å². The molecule has 1 aromatic heterocycles. The summed E-state index contributed by atoms with van der Waals surface area (Å²) < 4.78 is 13.8. The fourth-order valence-corrected chi connectivity index (χ4v) is 4.68. The highest BCUT2D eigenvalue weighted by Gasteiger charge is 2.46. The number of ether oxygens (including phenoxy) is 2. The minimum atomic E-state index is -0.799. The summed E-state index contributed by atoms with van der Waals surface area (Å²) in [5.74, 6) is -0.0241. The van der Waals surface area contributed by atoms with Gasteiger partial charge in [-0.3, -0.25) is 9.59 Å². The minimum Gasteiger partial charge on any atom is -0.507 e. The number of benzene rings is 2. The van der Waals surface area contributed by atoms with Crippen LogP contribution in [0, 0.1) is 5.92 Å². The monoisotopic (exact) mass is 551 g/mol. The number of nitrogens with zero attached hydrogens (tertiary/aromatic N) is 3. The number of halogens is 1. The predicted octanol–water partition coefficient (Wildman–Crippen LogP) is 5.87. The summed E-state index contributed by atoms with van der Waals surface area (Å²) in [7, 11) is 0. The maximum atomic E-state index is 13.3. The van der Waals surface area contributed by atoms with E-state index in [1.165, 1.54) is 4.90 Å². The van der Waals surface area contributed by atoms with Crippen LogP contribution in [0.4, 0.5) is 0 Å². The van der Waals surface area contributed by atoms with Gasteiger partial charge in [-0.25, -0.2) is 4.98 Å². The van der Waals surface area contributed by atoms with Crippen molar-refractivity contribution in [2.24, 2.45) is 5.92 Å². The molecule has 1 unspecified atom stereocenters. The number of Topliss-reactive ketones (excluding diaryl/α,β-unsaturated/α-hetero) is 1. The van der Waals surface area contributed by atoms with Crippen LogP contribution in [0.1, 0.15) is 50.8 Å². The first-order valence-electron chi connectivity index (χ1n) is 13.2. The highest BCUT2D eigenvalue weighted by molar-refractivity contribution is 6.46. The van der Waals surface area contributed by atoms with Crippen molar-refractivity contribution in [2.75, 3.05) is 19.8 Å². The van der Waals surface area contributed by atoms with Gasteiger partial charge in [-0.2, -0.15) is 0 Å². The average molecular weight is 552 g/mol. The second kappa shape index (κ2) is 12.8. The van der Waals surface area contributed by atoms with Gasteiger partial charge in [-0.15, -0.1) is 0 Å². The number of aliphatic hydroxyl groups excluding tert-OH is 1. The first-order chi connectivity index (χ1) is 18.8. The summed E-state index contributed by atoms with van der Waals surface area (Å²) in [6.45, 7) is 8.04. The van der Waals surface area contributed by atoms with Crippen molar-refractivity contribution in [3.63, 3.8) is 0 Å². The van der Waals surface area contributed by atoms with Crippen LogP contribution in [-0.2, 0) is 16.1 Å². The van der Waals surface area contributed by atoms with Crippen molar-refractivity contribution in [3.8, 4) is 11.5 Å². The van der Waals surface area contributed by atoms with Crippen LogP contribution in [0.3, 0.4) is 0 Å². The number of imidazole rings is 1. The van der Waals surface area contributed by atoms with Crippen LogP contribution in [0.25, 0.3) is 5.76 Å². The number of hydrogen-bond donors (Lipinski definition) is 1. The summed E-state index contributed by atoms with van der Waals surface area (Å²) in [5, 5.41) is 11.8. The Bertz CT molecular complexity index is 1320. The van der Waals surface area contributed by atoms with Crippen LogP contribution in [0.5, 0.6) is 11.5 Å². The van der Waals surface area contributed by atoms with E-state index in [4.69, 9.17) is 21.1 Å². The van der Waals surface area contributed by atoms with Crippen LogP contribution in [-0.4, -0.2) is 51.0 Å². The standard InChI is InChI=1S/C30H34ClN3O5/c1-4-38-25-18-22(8-11-24(25)39-17-12-20(2)3)27-26(28(35)21-6-9-23(31)10-7-21)29(36)30(37)34(27)15-5-14-33-16-13-32-19-33/h6-11,13,16,18-20,27,35H,4-5,12,14-15,17H2,1-3H3/b28-26+. The predicted molar refractivity (Wildman–Crippen MR) is 150 cm³/mol. The van der Waals surface area contributed by atoms with E-state index in [0.29, 0.717) is 66.3 Å². The van der Waals surface area contributed by atoms with Crippen molar-refractivity contribution in [1.82, 2.24) is 14.5 Å². The molecule has 0 aliphatic carbocycles. The highest BCUT2D eigenvalue weighted by atomic mass is 35.5. The molecule has 1 atom stereocenters. The molecule has 1 aliphatic heterocycles. The molecule has 206 valence electrons. The molecule has 1 saturated heterocycles. The highest BCUT2D eigenvalue weighted by Crippen LogP contribution is 2.42. The van der Waals surface area contributed by atoms with Crippen molar-refractivity contribution < 1.29 is 24.2 Å². The summed E-state index contributed by atoms with van der Waals surface area (Å²) >= 11 is 6.03. The van der Waals surface area contributed by atoms with E-state index < -0.39 is 17.7 Å². The summed E-state index contributed by atoms with van der Waals surface area (Å²) in [5.41, 5.74) is 1.08. The zero-order valence-electron chi connectivity index (χ0n) is 22.5. The number of amides is 1. The number of carbonyl (C=O) groups excluding carboxylic acids is 2. The van der Waals surface area contributed by atoms with Gasteiger partial charge in [0.25, 0.3) is 11.7 Å². The third-order valence-corrected chi connectivity index (χ3v) is 6.82. The zero-order chi connectivity index (χ0) is 27.9. The summed E-state index contributed by atoms with van der Waals surface area (Å²) in [6, 6.07) is 11.1. The number of aliphatic hydroxyl groups is 1. The third-order valence-electron chi connectivity index (χ3n) is 6.57. The molecule has 1 aliphatic rings. The molecular formula is C30H34ClN3O5. The molecule has 1 N–H and O–H groups in total. The van der Waals surface area contributed by atoms with E-state index in [0.717, 1.165) is 6.42 Å². The van der Waals surface area contributed by atoms with Crippen molar-refractivity contribution in [1.29, 1.82) is 0 Å². The van der Waals surface area contributed by atoms with E-state index in [2.05, 4.69) is 18.8 Å². The first-order valence-corrected chi connectivity index (χ1v) is 13.6. The van der Waals surface area contributed by atoms with Gasteiger partial charge < -0.3 is 24.0 Å². The normalized spacial score (nSPS) is 16.7. The minimum absolute atomic E-state index is 0.0286. The van der Waals surface area contributed by atoms with Gasteiger partial charge in [0.05, 0.1) is 31.2 Å². The van der Waals surface area contributed by atoms with Gasteiger partial charge in [0.15, 0.2) is 11.5 Å². The molecule has 8 nitrogen and oxygen atoms in total. The molecular weight excluding hydrogens is 518 g/mol. The number of hydrogen-bond acceptors (Lipinski definition) is 6. The first kappa shape index (κ1) is 28.2. The third kappa shape index (κ3) is 6.63. The van der Waals surface area contributed by atoms with Gasteiger partial charge >= 0.3 is 0 Å². The van der Waals surface area contributed by atoms with Crippen molar-refractivity contribution in [2.45, 2.75) is 46.2 Å². The van der Waals surface area contributed by atoms with Gasteiger partial charge in [0.2, 0.25) is 0 Å². The van der Waals surface area contributed by atoms with E-state index in [1.54, 1.807) is 48.9 Å². The van der Waals surface area contributed by atoms with Crippen molar-refractivity contribution >= 4 is 29.1 Å². The number of aromatic nitrogens is 2. The lowest BCUT2D eigenvalue weighted by Crippen LogP contribution is -2.31. The maximum Gasteiger partial charge on any atom is 0.295 e. The number of carbonyl (C=O) groups is 2. The summed E-state index contributed by atoms with van der Waals surface area (Å²) in [6.07, 6.45) is 6.73. The zero-order valence-corrected chi connectivity index (χ0v) is 23.2. The Hall–Kier alpha value is -3.78. The van der Waals surface area contributed by atoms with Gasteiger partial charge in [-0.05, 0) is 67.6 Å². The van der Waals surface area contributed by atoms with E-state index in [1.807, 2.05) is 23.8 Å². The molecule has 2 heterocycles. The number of likely N-dealkylation sites (tertiary alicyclic amines) is 1. The molecule has 3 aromatic rings. The van der Waals surface area contributed by atoms with Crippen LogP contribution >= 0.6 is 11.6 Å². The Balaban J connectivity index is 1.73. The van der Waals surface area contributed by atoms with E-state index >= 15 is 0 Å². The molecule has 1 fully saturated rings. The Labute approximate surface area is 233 Å². The lowest BCUT2D eigenvalue weighted by atomic mass is 9.95. The van der Waals surface area contributed by atoms with Crippen molar-refractivity contribution in [3.05, 3.63) is 82.9 Å². The SMILES string of the molecule is CCOc1cc(C2/C(=C(\O)c3ccc(Cl)cc3)C(=O)C(=O)N2CCCn2ccnc2)ccc1OCCC(C)C. The Morgan fingerprint density at radius 3 is 2.51 bits per heavy atom. The summed E-state index contributed by atoms with van der Waals surface area (Å²) in [4.78, 5) is 32.2. The fourth-order valence-electron chi connectivity index (χ4n) is 4.55. The molecule has 0 spiro atoms. The molecule has 39 heavy (non-hydrogen) atoms. The Kier molecular flexibility index (Phi) is 9.30. The fraction of sp³-hybridized carbons (Fsp3) is 0.367. The second-order valence-electron chi connectivity index (χ2n) is 9.82. The average Bonchev–Trinajstić information content (AvgIpc) is 3.52. The van der Waals surface area contributed by atoms with E-state index in [-0.39, 0.29) is 11.3 Å². The van der Waals surface area contributed by atoms with Gasteiger partial charge in [0.1, 0.15) is 5.76 Å². The number of rotatable bonds is 12. The molecule has 4 rings (SSSR count). The molecule has 0 saturated carbocycles. The smallest absolute Gasteiger partial charge is 0.295 e. The largest absolute Gasteiger partial charge is 0.507 e. The lowest BCUT2D eigenvalue weighted by Gasteiger charge is -2.26. The maximum absolute atomic E-state index is 13.3. The van der Waals surface area contributed by atoms with Gasteiger partial charge in [-0.1, -0.05) is 31.5 Å². The second-order valence-corrected chi connectivity index (χ2v) is 10.3. The number of ketones is 1. The molecule has 9 heteroatoms. The van der Waals surface area contributed by atoms with E-state index in [9.17, 15) is 14.7 Å². The molecule has 0 radical (unpaired) electrons. The number of aryl methyl sites for hydroxylation is 1. The Morgan fingerprint density at radius 2 is 1.85 bits per heavy atom. The topological polar surface area (TPSA) is 93.9 Å². The quantitative estimate of drug-likeness (QED) is 0.172. The molecule has 1 amide bonds.